The van der Waals surface area contributed by atoms with Crippen molar-refractivity contribution in [3.05, 3.63) is 35.4 Å². The van der Waals surface area contributed by atoms with E-state index in [0.29, 0.717) is 6.04 Å². The van der Waals surface area contributed by atoms with Gasteiger partial charge in [-0.05, 0) is 62.9 Å². The van der Waals surface area contributed by atoms with E-state index in [0.717, 1.165) is 11.8 Å². The number of nitrogens with one attached hydrogen (secondary N) is 1. The van der Waals surface area contributed by atoms with E-state index in [1.807, 2.05) is 0 Å². The Morgan fingerprint density at radius 1 is 1.30 bits per heavy atom. The molecule has 1 fully saturated rings. The van der Waals surface area contributed by atoms with Crippen LogP contribution >= 0.6 is 0 Å². The Hall–Kier alpha value is -0.860. The maximum absolute atomic E-state index is 3.49. The first-order valence-corrected chi connectivity index (χ1v) is 8.07. The lowest BCUT2D eigenvalue weighted by Gasteiger charge is -2.23. The zero-order chi connectivity index (χ0) is 14.5. The van der Waals surface area contributed by atoms with E-state index >= 15 is 0 Å². The van der Waals surface area contributed by atoms with E-state index in [-0.39, 0.29) is 0 Å². The first-order chi connectivity index (χ1) is 9.61. The highest BCUT2D eigenvalue weighted by Gasteiger charge is 2.25. The summed E-state index contributed by atoms with van der Waals surface area (Å²) in [7, 11) is 2.08. The van der Waals surface area contributed by atoms with Crippen LogP contribution in [0, 0.1) is 18.8 Å². The summed E-state index contributed by atoms with van der Waals surface area (Å²) in [6.45, 7) is 10.7. The molecule has 1 N–H and O–H groups in total. The largest absolute Gasteiger partial charge is 0.313 e. The fourth-order valence-electron chi connectivity index (χ4n) is 3.35. The van der Waals surface area contributed by atoms with E-state index in [1.54, 1.807) is 0 Å². The van der Waals surface area contributed by atoms with Crippen molar-refractivity contribution in [3.8, 4) is 0 Å². The second kappa shape index (κ2) is 7.24. The fraction of sp³-hybridized carbons (Fsp3) is 0.667. The summed E-state index contributed by atoms with van der Waals surface area (Å²) in [6, 6.07) is 9.23. The second-order valence-electron chi connectivity index (χ2n) is 6.58. The average molecular weight is 274 g/mol. The molecule has 1 aliphatic heterocycles. The van der Waals surface area contributed by atoms with Crippen molar-refractivity contribution in [1.82, 2.24) is 10.2 Å². The molecule has 0 amide bonds. The van der Waals surface area contributed by atoms with Crippen LogP contribution in [0.25, 0.3) is 0 Å². The minimum Gasteiger partial charge on any atom is -0.313 e. The Morgan fingerprint density at radius 2 is 2.05 bits per heavy atom. The van der Waals surface area contributed by atoms with Crippen LogP contribution in [0.1, 0.15) is 43.9 Å². The molecule has 20 heavy (non-hydrogen) atoms. The molecule has 1 aliphatic rings. The Morgan fingerprint density at radius 3 is 2.65 bits per heavy atom. The van der Waals surface area contributed by atoms with Gasteiger partial charge in [0.2, 0.25) is 0 Å². The number of benzene rings is 1. The lowest BCUT2D eigenvalue weighted by atomic mass is 9.95. The third-order valence-electron chi connectivity index (χ3n) is 4.90. The summed E-state index contributed by atoms with van der Waals surface area (Å²) in [5, 5.41) is 3.49. The summed E-state index contributed by atoms with van der Waals surface area (Å²) in [6.07, 6.45) is 2.58. The minimum atomic E-state index is 0.481. The van der Waals surface area contributed by atoms with Gasteiger partial charge in [0.25, 0.3) is 0 Å². The lowest BCUT2D eigenvalue weighted by molar-refractivity contribution is 0.287. The molecule has 2 heteroatoms. The molecular weight excluding hydrogens is 244 g/mol. The van der Waals surface area contributed by atoms with Gasteiger partial charge in [-0.25, -0.2) is 0 Å². The van der Waals surface area contributed by atoms with Crippen molar-refractivity contribution in [2.45, 2.75) is 39.7 Å². The third kappa shape index (κ3) is 3.83. The van der Waals surface area contributed by atoms with E-state index in [1.165, 1.54) is 43.6 Å². The molecule has 0 radical (unpaired) electrons. The maximum Gasteiger partial charge on any atom is 0.0332 e. The van der Waals surface area contributed by atoms with Crippen LogP contribution in [0.2, 0.25) is 0 Å². The molecule has 2 nitrogen and oxygen atoms in total. The summed E-state index contributed by atoms with van der Waals surface area (Å²) in [5.41, 5.74) is 2.85. The number of likely N-dealkylation sites (tertiary alicyclic amines) is 1. The molecule has 0 bridgehead atoms. The molecule has 1 saturated heterocycles. The van der Waals surface area contributed by atoms with Crippen molar-refractivity contribution in [1.29, 1.82) is 0 Å². The van der Waals surface area contributed by atoms with Gasteiger partial charge in [0, 0.05) is 12.6 Å². The van der Waals surface area contributed by atoms with E-state index in [4.69, 9.17) is 0 Å². The molecule has 0 aliphatic carbocycles. The second-order valence-corrected chi connectivity index (χ2v) is 6.58. The van der Waals surface area contributed by atoms with Crippen molar-refractivity contribution < 1.29 is 0 Å². The molecule has 112 valence electrons. The predicted molar refractivity (Wildman–Crippen MR) is 87.0 cm³/mol. The molecule has 1 aromatic rings. The Bertz CT molecular complexity index is 414. The smallest absolute Gasteiger partial charge is 0.0332 e. The molecule has 2 rings (SSSR count). The molecular formula is C18H30N2. The summed E-state index contributed by atoms with van der Waals surface area (Å²) in [5.74, 6) is 1.73. The molecule has 0 aromatic heterocycles. The molecule has 2 unspecified atom stereocenters. The quantitative estimate of drug-likeness (QED) is 0.852. The predicted octanol–water partition coefficient (Wildman–Crippen LogP) is 3.62. The van der Waals surface area contributed by atoms with Gasteiger partial charge in [-0.1, -0.05) is 38.1 Å². The van der Waals surface area contributed by atoms with Crippen LogP contribution in [-0.4, -0.2) is 31.6 Å². The van der Waals surface area contributed by atoms with Crippen LogP contribution in [0.4, 0.5) is 0 Å². The number of nitrogens with zero attached hydrogens (tertiary/aromatic N) is 1. The van der Waals surface area contributed by atoms with Crippen LogP contribution in [0.3, 0.4) is 0 Å². The zero-order valence-corrected chi connectivity index (χ0v) is 13.5. The van der Waals surface area contributed by atoms with E-state index < -0.39 is 0 Å². The summed E-state index contributed by atoms with van der Waals surface area (Å²) >= 11 is 0. The highest BCUT2D eigenvalue weighted by atomic mass is 15.1. The van der Waals surface area contributed by atoms with Crippen LogP contribution < -0.4 is 5.32 Å². The first-order valence-electron chi connectivity index (χ1n) is 8.07. The van der Waals surface area contributed by atoms with Gasteiger partial charge in [-0.15, -0.1) is 0 Å². The monoisotopic (exact) mass is 274 g/mol. The van der Waals surface area contributed by atoms with Crippen molar-refractivity contribution in [2.24, 2.45) is 11.8 Å². The average Bonchev–Trinajstić information content (AvgIpc) is 2.90. The summed E-state index contributed by atoms with van der Waals surface area (Å²) in [4.78, 5) is 2.65. The molecule has 1 aromatic carbocycles. The SMILES string of the molecule is CNC(CCN1CCC(C(C)C)C1)c1ccccc1C. The van der Waals surface area contributed by atoms with E-state index in [9.17, 15) is 0 Å². The van der Waals surface area contributed by atoms with Gasteiger partial charge >= 0.3 is 0 Å². The highest BCUT2D eigenvalue weighted by molar-refractivity contribution is 5.28. The van der Waals surface area contributed by atoms with Gasteiger partial charge in [0.05, 0.1) is 0 Å². The van der Waals surface area contributed by atoms with Crippen LogP contribution in [-0.2, 0) is 0 Å². The Balaban J connectivity index is 1.88. The lowest BCUT2D eigenvalue weighted by Crippen LogP contribution is -2.27. The third-order valence-corrected chi connectivity index (χ3v) is 4.90. The van der Waals surface area contributed by atoms with Crippen molar-refractivity contribution in [3.63, 3.8) is 0 Å². The molecule has 1 heterocycles. The van der Waals surface area contributed by atoms with Gasteiger partial charge in [-0.3, -0.25) is 0 Å². The van der Waals surface area contributed by atoms with Crippen LogP contribution in [0.5, 0.6) is 0 Å². The van der Waals surface area contributed by atoms with Crippen molar-refractivity contribution in [2.75, 3.05) is 26.7 Å². The summed E-state index contributed by atoms with van der Waals surface area (Å²) < 4.78 is 0. The first kappa shape index (κ1) is 15.5. The Labute approximate surface area is 124 Å². The normalized spacial score (nSPS) is 21.6. The van der Waals surface area contributed by atoms with Gasteiger partial charge < -0.3 is 10.2 Å². The van der Waals surface area contributed by atoms with Gasteiger partial charge in [0.15, 0.2) is 0 Å². The maximum atomic E-state index is 3.49. The molecule has 2 atom stereocenters. The van der Waals surface area contributed by atoms with Crippen molar-refractivity contribution >= 4 is 0 Å². The van der Waals surface area contributed by atoms with Gasteiger partial charge in [-0.2, -0.15) is 0 Å². The molecule has 0 saturated carbocycles. The number of hydrogen-bond acceptors (Lipinski definition) is 2. The van der Waals surface area contributed by atoms with Gasteiger partial charge in [0.1, 0.15) is 0 Å². The minimum absolute atomic E-state index is 0.481. The number of aryl methyl sites for hydroxylation is 1. The molecule has 0 spiro atoms. The number of hydrogen-bond donors (Lipinski definition) is 1. The standard InChI is InChI=1S/C18H30N2/c1-14(2)16-9-11-20(13-16)12-10-18(19-4)17-8-6-5-7-15(17)3/h5-8,14,16,18-19H,9-13H2,1-4H3. The Kier molecular flexibility index (Phi) is 5.62. The highest BCUT2D eigenvalue weighted by Crippen LogP contribution is 2.26. The fourth-order valence-corrected chi connectivity index (χ4v) is 3.35. The van der Waals surface area contributed by atoms with Crippen LogP contribution in [0.15, 0.2) is 24.3 Å². The topological polar surface area (TPSA) is 15.3 Å². The zero-order valence-electron chi connectivity index (χ0n) is 13.5. The van der Waals surface area contributed by atoms with E-state index in [2.05, 4.69) is 62.3 Å². The number of rotatable bonds is 6.